The summed E-state index contributed by atoms with van der Waals surface area (Å²) in [7, 11) is 0. The van der Waals surface area contributed by atoms with Crippen LogP contribution in [0.15, 0.2) is 23.5 Å². The third-order valence-electron chi connectivity index (χ3n) is 4.82. The maximum absolute atomic E-state index is 12.4. The van der Waals surface area contributed by atoms with Crippen molar-refractivity contribution in [1.82, 2.24) is 10.3 Å². The fourth-order valence-corrected chi connectivity index (χ4v) is 3.87. The maximum Gasteiger partial charge on any atom is 0.407 e. The quantitative estimate of drug-likeness (QED) is 0.416. The Balaban J connectivity index is 2.24. The van der Waals surface area contributed by atoms with Gasteiger partial charge in [-0.25, -0.2) is 4.79 Å². The highest BCUT2D eigenvalue weighted by Gasteiger charge is 2.39. The summed E-state index contributed by atoms with van der Waals surface area (Å²) in [6, 6.07) is 3.77. The summed E-state index contributed by atoms with van der Waals surface area (Å²) in [4.78, 5) is 20.7. The average Bonchev–Trinajstić information content (AvgIpc) is 2.63. The van der Waals surface area contributed by atoms with Gasteiger partial charge in [0.2, 0.25) is 0 Å². The van der Waals surface area contributed by atoms with Gasteiger partial charge in [0.15, 0.2) is 0 Å². The largest absolute Gasteiger partial charge is 0.444 e. The minimum atomic E-state index is -0.590. The van der Waals surface area contributed by atoms with Crippen LogP contribution in [0.25, 0.3) is 0 Å². The Morgan fingerprint density at radius 1 is 1.45 bits per heavy atom. The van der Waals surface area contributed by atoms with E-state index in [9.17, 15) is 4.79 Å². The van der Waals surface area contributed by atoms with Crippen molar-refractivity contribution in [3.63, 3.8) is 0 Å². The summed E-state index contributed by atoms with van der Waals surface area (Å²) in [5.74, 6) is 0.302. The number of carbonyl (C=O) groups excluding carboxylic acids is 1. The number of isothiocyanates is 1. The average molecular weight is 417 g/mol. The third-order valence-corrected chi connectivity index (χ3v) is 4.91. The molecule has 0 aliphatic heterocycles. The highest BCUT2D eigenvalue weighted by molar-refractivity contribution is 7.78. The van der Waals surface area contributed by atoms with E-state index in [1.54, 1.807) is 12.4 Å². The van der Waals surface area contributed by atoms with E-state index in [0.29, 0.717) is 25.1 Å². The first-order chi connectivity index (χ1) is 13.7. The summed E-state index contributed by atoms with van der Waals surface area (Å²) < 4.78 is 11.4. The molecule has 1 aliphatic rings. The van der Waals surface area contributed by atoms with Gasteiger partial charge in [0, 0.05) is 6.20 Å². The van der Waals surface area contributed by atoms with Gasteiger partial charge in [0.25, 0.3) is 0 Å². The molecule has 8 heteroatoms. The number of nitrogens with zero attached hydrogens (tertiary/aromatic N) is 3. The fourth-order valence-electron chi connectivity index (χ4n) is 3.78. The number of aromatic nitrogens is 1. The predicted molar refractivity (Wildman–Crippen MR) is 113 cm³/mol. The van der Waals surface area contributed by atoms with Gasteiger partial charge in [-0.15, -0.1) is 0 Å². The molecule has 0 radical (unpaired) electrons. The number of nitrogens with one attached hydrogen (secondary N) is 1. The lowest BCUT2D eigenvalue weighted by molar-refractivity contribution is -0.0327. The van der Waals surface area contributed by atoms with Crippen LogP contribution in [0.3, 0.4) is 0 Å². The number of ether oxygens (including phenoxy) is 2. The molecule has 0 aromatic carbocycles. The van der Waals surface area contributed by atoms with Crippen LogP contribution in [0.1, 0.15) is 58.4 Å². The molecule has 1 N–H and O–H groups in total. The molecule has 0 saturated heterocycles. The Kier molecular flexibility index (Phi) is 8.27. The number of rotatable bonds is 6. The molecule has 1 aromatic heterocycles. The van der Waals surface area contributed by atoms with Gasteiger partial charge >= 0.3 is 6.09 Å². The minimum Gasteiger partial charge on any atom is -0.444 e. The minimum absolute atomic E-state index is 0.144. The lowest BCUT2D eigenvalue weighted by atomic mass is 9.74. The molecule has 1 aliphatic carbocycles. The molecule has 4 atom stereocenters. The highest BCUT2D eigenvalue weighted by Crippen LogP contribution is 2.41. The van der Waals surface area contributed by atoms with Crippen LogP contribution in [-0.2, 0) is 9.47 Å². The van der Waals surface area contributed by atoms with Gasteiger partial charge in [-0.05, 0) is 69.3 Å². The molecule has 1 fully saturated rings. The maximum atomic E-state index is 12.4. The van der Waals surface area contributed by atoms with Crippen LogP contribution in [0.2, 0.25) is 0 Å². The number of nitriles is 1. The molecule has 4 unspecified atom stereocenters. The van der Waals surface area contributed by atoms with Crippen LogP contribution < -0.4 is 5.32 Å². The first-order valence-electron chi connectivity index (χ1n) is 9.75. The van der Waals surface area contributed by atoms with Gasteiger partial charge in [-0.1, -0.05) is 6.92 Å². The van der Waals surface area contributed by atoms with Crippen LogP contribution in [-0.4, -0.2) is 40.6 Å². The van der Waals surface area contributed by atoms with E-state index in [-0.39, 0.29) is 24.0 Å². The lowest BCUT2D eigenvalue weighted by Crippen LogP contribution is -2.52. The van der Waals surface area contributed by atoms with Crippen molar-refractivity contribution in [1.29, 1.82) is 5.26 Å². The topological polar surface area (TPSA) is 96.6 Å². The molecular formula is C21H28N4O3S. The molecule has 0 spiro atoms. The summed E-state index contributed by atoms with van der Waals surface area (Å²) in [6.07, 6.45) is 4.55. The molecule has 156 valence electrons. The normalized spacial score (nSPS) is 24.1. The molecule has 1 heterocycles. The van der Waals surface area contributed by atoms with Crippen LogP contribution >= 0.6 is 12.2 Å². The zero-order valence-corrected chi connectivity index (χ0v) is 18.2. The van der Waals surface area contributed by atoms with Crippen LogP contribution in [0, 0.1) is 17.2 Å². The molecule has 29 heavy (non-hydrogen) atoms. The summed E-state index contributed by atoms with van der Waals surface area (Å²) in [6.45, 7) is 7.90. The Bertz CT molecular complexity index is 796. The zero-order chi connectivity index (χ0) is 21.4. The predicted octanol–water partition coefficient (Wildman–Crippen LogP) is 4.52. The second-order valence-electron chi connectivity index (χ2n) is 8.28. The molecular weight excluding hydrogens is 388 g/mol. The van der Waals surface area contributed by atoms with Crippen LogP contribution in [0.4, 0.5) is 10.5 Å². The van der Waals surface area contributed by atoms with Crippen molar-refractivity contribution >= 4 is 29.2 Å². The monoisotopic (exact) mass is 416 g/mol. The molecule has 1 aromatic rings. The number of carbonyl (C=O) groups is 1. The van der Waals surface area contributed by atoms with Crippen molar-refractivity contribution < 1.29 is 14.3 Å². The first kappa shape index (κ1) is 23.0. The van der Waals surface area contributed by atoms with E-state index in [0.717, 1.165) is 12.0 Å². The van der Waals surface area contributed by atoms with Crippen LogP contribution in [0.5, 0.6) is 0 Å². The second kappa shape index (κ2) is 10.4. The van der Waals surface area contributed by atoms with Crippen molar-refractivity contribution in [2.24, 2.45) is 10.9 Å². The number of thiocarbonyl (C=S) groups is 1. The van der Waals surface area contributed by atoms with E-state index >= 15 is 0 Å². The summed E-state index contributed by atoms with van der Waals surface area (Å²) >= 11 is 4.76. The number of alkyl carbamates (subject to hydrolysis) is 1. The van der Waals surface area contributed by atoms with E-state index < -0.39 is 11.7 Å². The molecule has 2 rings (SSSR count). The third kappa shape index (κ3) is 6.90. The highest BCUT2D eigenvalue weighted by atomic mass is 32.1. The SMILES string of the molecule is CC1CC(c2ccncc2N=C=S)CC(NC(=O)OC(C)(C)C)C1OCCC#N. The number of amides is 1. The van der Waals surface area contributed by atoms with E-state index in [1.807, 2.05) is 26.8 Å². The Hall–Kier alpha value is -2.33. The molecule has 1 amide bonds. The number of aliphatic imine (C=N–C) groups is 1. The number of hydrogen-bond acceptors (Lipinski definition) is 7. The zero-order valence-electron chi connectivity index (χ0n) is 17.3. The van der Waals surface area contributed by atoms with Gasteiger partial charge in [0.1, 0.15) is 5.60 Å². The Labute approximate surface area is 177 Å². The van der Waals surface area contributed by atoms with Gasteiger partial charge in [0.05, 0.1) is 48.3 Å². The van der Waals surface area contributed by atoms with Crippen molar-refractivity contribution in [2.45, 2.75) is 70.6 Å². The Morgan fingerprint density at radius 2 is 2.21 bits per heavy atom. The van der Waals surface area contributed by atoms with E-state index in [2.05, 4.69) is 33.4 Å². The number of hydrogen-bond donors (Lipinski definition) is 1. The molecule has 0 bridgehead atoms. The summed E-state index contributed by atoms with van der Waals surface area (Å²) in [5.41, 5.74) is 1.13. The van der Waals surface area contributed by atoms with Gasteiger partial charge < -0.3 is 14.8 Å². The lowest BCUT2D eigenvalue weighted by Gasteiger charge is -2.41. The second-order valence-corrected chi connectivity index (χ2v) is 8.46. The first-order valence-corrected chi connectivity index (χ1v) is 10.2. The van der Waals surface area contributed by atoms with Gasteiger partial charge in [-0.3, -0.25) is 4.98 Å². The van der Waals surface area contributed by atoms with E-state index in [1.165, 1.54) is 0 Å². The Morgan fingerprint density at radius 3 is 2.86 bits per heavy atom. The van der Waals surface area contributed by atoms with Gasteiger partial charge in [-0.2, -0.15) is 10.3 Å². The number of pyridine rings is 1. The molecule has 7 nitrogen and oxygen atoms in total. The van der Waals surface area contributed by atoms with E-state index in [4.69, 9.17) is 27.0 Å². The smallest absolute Gasteiger partial charge is 0.407 e. The standard InChI is InChI=1S/C21H28N4O3S/c1-14-10-15(16-6-8-23-12-18(16)24-13-29)11-17(19(14)27-9-5-7-22)25-20(26)28-21(2,3)4/h6,8,12,14-15,17,19H,5,9-11H2,1-4H3,(H,25,26). The fraction of sp³-hybridized carbons (Fsp3) is 0.619. The summed E-state index contributed by atoms with van der Waals surface area (Å²) in [5, 5.41) is 14.2. The van der Waals surface area contributed by atoms with Crippen molar-refractivity contribution in [3.05, 3.63) is 24.0 Å². The van der Waals surface area contributed by atoms with Crippen molar-refractivity contribution in [3.8, 4) is 6.07 Å². The van der Waals surface area contributed by atoms with Crippen molar-refractivity contribution in [2.75, 3.05) is 6.61 Å². The molecule has 1 saturated carbocycles.